The molecule has 0 saturated carbocycles. The number of nitrogens with zero attached hydrogens (tertiary/aromatic N) is 1. The third kappa shape index (κ3) is 4.99. The Bertz CT molecular complexity index is 347. The van der Waals surface area contributed by atoms with Crippen molar-refractivity contribution in [1.82, 2.24) is 4.90 Å². The minimum atomic E-state index is 0. The molecule has 0 amide bonds. The van der Waals surface area contributed by atoms with Gasteiger partial charge in [-0.2, -0.15) is 0 Å². The molecule has 1 aromatic carbocycles. The Morgan fingerprint density at radius 2 is 2.05 bits per heavy atom. The van der Waals surface area contributed by atoms with Gasteiger partial charge in [-0.1, -0.05) is 25.1 Å². The zero-order valence-electron chi connectivity index (χ0n) is 11.6. The van der Waals surface area contributed by atoms with Crippen molar-refractivity contribution in [3.8, 4) is 0 Å². The van der Waals surface area contributed by atoms with Gasteiger partial charge in [-0.3, -0.25) is 4.90 Å². The Hall–Kier alpha value is -0.220. The van der Waals surface area contributed by atoms with Gasteiger partial charge in [0.1, 0.15) is 0 Å². The van der Waals surface area contributed by atoms with Crippen LogP contribution in [-0.4, -0.2) is 36.3 Å². The minimum absolute atomic E-state index is 0. The molecule has 0 spiro atoms. The van der Waals surface area contributed by atoms with Gasteiger partial charge in [-0.15, -0.1) is 24.2 Å². The van der Waals surface area contributed by atoms with Crippen LogP contribution in [0.4, 0.5) is 0 Å². The normalized spacial score (nSPS) is 23.9. The second-order valence-electron chi connectivity index (χ2n) is 5.12. The summed E-state index contributed by atoms with van der Waals surface area (Å²) in [7, 11) is 0. The third-order valence-electron chi connectivity index (χ3n) is 3.86. The molecule has 1 aromatic rings. The Morgan fingerprint density at radius 3 is 2.74 bits per heavy atom. The molecule has 1 aliphatic heterocycles. The lowest BCUT2D eigenvalue weighted by Gasteiger charge is -2.39. The molecule has 2 rings (SSSR count). The van der Waals surface area contributed by atoms with Crippen molar-refractivity contribution >= 4 is 24.2 Å². The van der Waals surface area contributed by atoms with Gasteiger partial charge in [0.15, 0.2) is 0 Å². The lowest BCUT2D eigenvalue weighted by molar-refractivity contribution is 0.114. The molecule has 19 heavy (non-hydrogen) atoms. The van der Waals surface area contributed by atoms with Crippen molar-refractivity contribution in [2.45, 2.75) is 30.7 Å². The topological polar surface area (TPSA) is 29.3 Å². The van der Waals surface area contributed by atoms with Crippen LogP contribution in [0.3, 0.4) is 0 Å². The van der Waals surface area contributed by atoms with Gasteiger partial charge in [0, 0.05) is 29.8 Å². The first-order chi connectivity index (χ1) is 8.81. The number of hydrogen-bond acceptors (Lipinski definition) is 3. The Morgan fingerprint density at radius 1 is 1.32 bits per heavy atom. The second kappa shape index (κ2) is 8.85. The maximum Gasteiger partial charge on any atom is 0.0244 e. The fraction of sp³-hybridized carbons (Fsp3) is 0.600. The first-order valence-corrected chi connectivity index (χ1v) is 7.92. The first-order valence-electron chi connectivity index (χ1n) is 6.93. The predicted molar refractivity (Wildman–Crippen MR) is 87.2 cm³/mol. The van der Waals surface area contributed by atoms with E-state index in [1.165, 1.54) is 24.3 Å². The summed E-state index contributed by atoms with van der Waals surface area (Å²) in [4.78, 5) is 3.95. The van der Waals surface area contributed by atoms with Gasteiger partial charge < -0.3 is 5.73 Å². The number of benzene rings is 1. The van der Waals surface area contributed by atoms with Crippen LogP contribution in [0.5, 0.6) is 0 Å². The maximum absolute atomic E-state index is 5.92. The minimum Gasteiger partial charge on any atom is -0.329 e. The van der Waals surface area contributed by atoms with E-state index < -0.39 is 0 Å². The number of likely N-dealkylation sites (tertiary alicyclic amines) is 1. The van der Waals surface area contributed by atoms with Crippen molar-refractivity contribution in [2.75, 3.05) is 25.4 Å². The smallest absolute Gasteiger partial charge is 0.0244 e. The van der Waals surface area contributed by atoms with Gasteiger partial charge in [-0.25, -0.2) is 0 Å². The van der Waals surface area contributed by atoms with Crippen LogP contribution in [0.15, 0.2) is 35.2 Å². The number of nitrogens with two attached hydrogens (primary N) is 1. The van der Waals surface area contributed by atoms with E-state index in [-0.39, 0.29) is 12.4 Å². The summed E-state index contributed by atoms with van der Waals surface area (Å²) in [5, 5.41) is 0. The number of thioether (sulfide) groups is 1. The zero-order valence-corrected chi connectivity index (χ0v) is 13.3. The number of piperidine rings is 1. The fourth-order valence-corrected chi connectivity index (χ4v) is 3.70. The monoisotopic (exact) mass is 300 g/mol. The van der Waals surface area contributed by atoms with E-state index in [0.717, 1.165) is 24.8 Å². The van der Waals surface area contributed by atoms with Crippen LogP contribution in [0.25, 0.3) is 0 Å². The zero-order chi connectivity index (χ0) is 12.8. The molecule has 108 valence electrons. The Balaban J connectivity index is 0.00000180. The number of rotatable bonds is 5. The highest BCUT2D eigenvalue weighted by atomic mass is 35.5. The largest absolute Gasteiger partial charge is 0.329 e. The van der Waals surface area contributed by atoms with E-state index in [1.807, 2.05) is 11.8 Å². The van der Waals surface area contributed by atoms with Gasteiger partial charge in [0.05, 0.1) is 0 Å². The molecule has 0 bridgehead atoms. The Kier molecular flexibility index (Phi) is 7.84. The molecule has 1 fully saturated rings. The van der Waals surface area contributed by atoms with Crippen LogP contribution in [0.2, 0.25) is 0 Å². The van der Waals surface area contributed by atoms with E-state index in [1.54, 1.807) is 0 Å². The van der Waals surface area contributed by atoms with Crippen molar-refractivity contribution in [2.24, 2.45) is 11.7 Å². The van der Waals surface area contributed by atoms with E-state index >= 15 is 0 Å². The molecule has 1 saturated heterocycles. The molecule has 2 nitrogen and oxygen atoms in total. The summed E-state index contributed by atoms with van der Waals surface area (Å²) < 4.78 is 0. The molecule has 1 heterocycles. The second-order valence-corrected chi connectivity index (χ2v) is 6.29. The van der Waals surface area contributed by atoms with Crippen molar-refractivity contribution in [3.63, 3.8) is 0 Å². The van der Waals surface area contributed by atoms with Crippen LogP contribution >= 0.6 is 24.2 Å². The van der Waals surface area contributed by atoms with Gasteiger partial charge in [-0.05, 0) is 37.4 Å². The summed E-state index contributed by atoms with van der Waals surface area (Å²) in [5.41, 5.74) is 5.92. The highest BCUT2D eigenvalue weighted by Gasteiger charge is 2.26. The summed E-state index contributed by atoms with van der Waals surface area (Å²) in [6, 6.07) is 11.2. The van der Waals surface area contributed by atoms with E-state index in [4.69, 9.17) is 5.73 Å². The van der Waals surface area contributed by atoms with Crippen molar-refractivity contribution in [1.29, 1.82) is 0 Å². The summed E-state index contributed by atoms with van der Waals surface area (Å²) in [5.74, 6) is 1.92. The van der Waals surface area contributed by atoms with Gasteiger partial charge in [0.2, 0.25) is 0 Å². The third-order valence-corrected chi connectivity index (χ3v) is 4.85. The molecule has 2 atom stereocenters. The maximum atomic E-state index is 5.92. The Labute approximate surface area is 127 Å². The summed E-state index contributed by atoms with van der Waals surface area (Å²) >= 11 is 1.95. The number of halogens is 1. The van der Waals surface area contributed by atoms with Crippen LogP contribution in [0.1, 0.15) is 19.8 Å². The average molecular weight is 301 g/mol. The molecule has 2 N–H and O–H groups in total. The van der Waals surface area contributed by atoms with Gasteiger partial charge >= 0.3 is 0 Å². The SMILES string of the molecule is CC1CCCN(CCSc2ccccc2)C1CN.Cl. The van der Waals surface area contributed by atoms with Crippen LogP contribution in [0, 0.1) is 5.92 Å². The van der Waals surface area contributed by atoms with Crippen molar-refractivity contribution in [3.05, 3.63) is 30.3 Å². The molecular weight excluding hydrogens is 276 g/mol. The van der Waals surface area contributed by atoms with E-state index in [9.17, 15) is 0 Å². The number of hydrogen-bond donors (Lipinski definition) is 1. The first kappa shape index (κ1) is 16.8. The standard InChI is InChI=1S/C15H24N2S.ClH/c1-13-6-5-9-17(15(13)12-16)10-11-18-14-7-3-2-4-8-14;/h2-4,7-8,13,15H,5-6,9-12,16H2,1H3;1H. The lowest BCUT2D eigenvalue weighted by atomic mass is 9.91. The van der Waals surface area contributed by atoms with Gasteiger partial charge in [0.25, 0.3) is 0 Å². The molecular formula is C15H25ClN2S. The molecule has 2 unspecified atom stereocenters. The molecule has 0 radical (unpaired) electrons. The van der Waals surface area contributed by atoms with Crippen LogP contribution in [-0.2, 0) is 0 Å². The molecule has 0 aliphatic carbocycles. The van der Waals surface area contributed by atoms with Crippen molar-refractivity contribution < 1.29 is 0 Å². The van der Waals surface area contributed by atoms with E-state index in [0.29, 0.717) is 6.04 Å². The van der Waals surface area contributed by atoms with E-state index in [2.05, 4.69) is 42.2 Å². The summed E-state index contributed by atoms with van der Waals surface area (Å²) in [6.45, 7) is 5.53. The average Bonchev–Trinajstić information content (AvgIpc) is 2.40. The highest BCUT2D eigenvalue weighted by molar-refractivity contribution is 7.99. The lowest BCUT2D eigenvalue weighted by Crippen LogP contribution is -2.49. The highest BCUT2D eigenvalue weighted by Crippen LogP contribution is 2.24. The molecule has 0 aromatic heterocycles. The fourth-order valence-electron chi connectivity index (χ4n) is 2.79. The quantitative estimate of drug-likeness (QED) is 0.846. The molecule has 4 heteroatoms. The molecule has 1 aliphatic rings. The summed E-state index contributed by atoms with van der Waals surface area (Å²) in [6.07, 6.45) is 2.66. The predicted octanol–water partition coefficient (Wildman–Crippen LogP) is 3.26. The van der Waals surface area contributed by atoms with Crippen LogP contribution < -0.4 is 5.73 Å².